The Morgan fingerprint density at radius 1 is 1.21 bits per heavy atom. The van der Waals surface area contributed by atoms with Crippen LogP contribution in [0.2, 0.25) is 13.1 Å². The topological polar surface area (TPSA) is 17.1 Å². The molecule has 0 aliphatic carbocycles. The van der Waals surface area contributed by atoms with Gasteiger partial charge >= 0.3 is 0 Å². The third-order valence-electron chi connectivity index (χ3n) is 2.80. The van der Waals surface area contributed by atoms with Crippen molar-refractivity contribution in [2.24, 2.45) is 0 Å². The first-order valence-electron chi connectivity index (χ1n) is 4.77. The van der Waals surface area contributed by atoms with Gasteiger partial charge in [-0.25, -0.2) is 0 Å². The van der Waals surface area contributed by atoms with Crippen LogP contribution in [0, 0.1) is 0 Å². The fourth-order valence-electron chi connectivity index (χ4n) is 1.39. The zero-order valence-corrected chi connectivity index (χ0v) is 9.95. The zero-order valence-electron chi connectivity index (χ0n) is 8.95. The molecule has 1 nitrogen and oxygen atoms in total. The lowest BCUT2D eigenvalue weighted by molar-refractivity contribution is -0.104. The molecule has 0 bridgehead atoms. The molecule has 0 fully saturated rings. The van der Waals surface area contributed by atoms with Crippen LogP contribution in [0.25, 0.3) is 0 Å². The summed E-state index contributed by atoms with van der Waals surface area (Å²) in [4.78, 5) is 10.4. The van der Waals surface area contributed by atoms with Crippen molar-refractivity contribution in [1.82, 2.24) is 0 Å². The highest BCUT2D eigenvalue weighted by molar-refractivity contribution is 6.95. The van der Waals surface area contributed by atoms with E-state index in [1.165, 1.54) is 10.4 Å². The van der Waals surface area contributed by atoms with E-state index in [0.717, 1.165) is 6.29 Å². The summed E-state index contributed by atoms with van der Waals surface area (Å²) in [5.41, 5.74) is 0. The second-order valence-corrected chi connectivity index (χ2v) is 8.59. The van der Waals surface area contributed by atoms with Gasteiger partial charge in [0.25, 0.3) is 0 Å². The quantitative estimate of drug-likeness (QED) is 0.419. The molecule has 1 aromatic rings. The molecule has 0 spiro atoms. The maximum atomic E-state index is 10.4. The molecule has 0 aliphatic rings. The molecule has 74 valence electrons. The van der Waals surface area contributed by atoms with E-state index in [4.69, 9.17) is 0 Å². The van der Waals surface area contributed by atoms with E-state index in [9.17, 15) is 4.79 Å². The van der Waals surface area contributed by atoms with E-state index in [0.29, 0.717) is 0 Å². The highest BCUT2D eigenvalue weighted by Gasteiger charge is 2.24. The minimum Gasteiger partial charge on any atom is -0.299 e. The first-order valence-corrected chi connectivity index (χ1v) is 7.77. The summed E-state index contributed by atoms with van der Waals surface area (Å²) in [6.45, 7) is 6.57. The highest BCUT2D eigenvalue weighted by Crippen LogP contribution is 2.13. The molecule has 0 amide bonds. The van der Waals surface area contributed by atoms with Gasteiger partial charge in [0, 0.05) is 0 Å². The smallest absolute Gasteiger partial charge is 0.142 e. The molecular formula is C12H16OSi. The molecule has 0 N–H and O–H groups in total. The second kappa shape index (κ2) is 4.38. The van der Waals surface area contributed by atoms with Gasteiger partial charge in [-0.3, -0.25) is 4.79 Å². The summed E-state index contributed by atoms with van der Waals surface area (Å²) < 4.78 is 0. The molecule has 0 radical (unpaired) electrons. The molecule has 1 rings (SSSR count). The summed E-state index contributed by atoms with van der Waals surface area (Å²) in [6, 6.07) is 10.4. The number of aldehydes is 1. The standard InChI is InChI=1S/C12H16OSi/c1-11(9-10-13)14(2,3)12-7-5-4-6-8-12/h4-10H,1-3H3/b11-9-. The third-order valence-corrected chi connectivity index (χ3v) is 6.71. The zero-order chi connectivity index (χ0) is 10.6. The van der Waals surface area contributed by atoms with Crippen molar-refractivity contribution in [1.29, 1.82) is 0 Å². The van der Waals surface area contributed by atoms with Crippen LogP contribution in [0.3, 0.4) is 0 Å². The van der Waals surface area contributed by atoms with Gasteiger partial charge in [-0.15, -0.1) is 0 Å². The fraction of sp³-hybridized carbons (Fsp3) is 0.250. The SMILES string of the molecule is C/C(=C/C=O)[Si](C)(C)c1ccccc1. The van der Waals surface area contributed by atoms with E-state index >= 15 is 0 Å². The van der Waals surface area contributed by atoms with E-state index in [2.05, 4.69) is 37.4 Å². The average Bonchev–Trinajstić information content (AvgIpc) is 2.19. The van der Waals surface area contributed by atoms with Crippen molar-refractivity contribution < 1.29 is 4.79 Å². The van der Waals surface area contributed by atoms with Crippen molar-refractivity contribution in [3.63, 3.8) is 0 Å². The monoisotopic (exact) mass is 204 g/mol. The lowest BCUT2D eigenvalue weighted by atomic mass is 10.4. The molecule has 0 aromatic heterocycles. The third kappa shape index (κ3) is 2.20. The van der Waals surface area contributed by atoms with Gasteiger partial charge in [-0.2, -0.15) is 0 Å². The Morgan fingerprint density at radius 2 is 1.79 bits per heavy atom. The van der Waals surface area contributed by atoms with Crippen molar-refractivity contribution >= 4 is 19.5 Å². The van der Waals surface area contributed by atoms with Crippen LogP contribution >= 0.6 is 0 Å². The lowest BCUT2D eigenvalue weighted by Crippen LogP contribution is -2.42. The maximum Gasteiger partial charge on any atom is 0.142 e. The van der Waals surface area contributed by atoms with Crippen molar-refractivity contribution in [3.05, 3.63) is 41.6 Å². The lowest BCUT2D eigenvalue weighted by Gasteiger charge is -2.23. The van der Waals surface area contributed by atoms with Crippen LogP contribution in [0.5, 0.6) is 0 Å². The average molecular weight is 204 g/mol. The highest BCUT2D eigenvalue weighted by atomic mass is 28.3. The number of hydrogen-bond donors (Lipinski definition) is 0. The Balaban J connectivity index is 3.08. The van der Waals surface area contributed by atoms with E-state index in [1.807, 2.05) is 13.0 Å². The van der Waals surface area contributed by atoms with Crippen LogP contribution in [0.4, 0.5) is 0 Å². The summed E-state index contributed by atoms with van der Waals surface area (Å²) >= 11 is 0. The number of hydrogen-bond acceptors (Lipinski definition) is 1. The molecule has 2 heteroatoms. The van der Waals surface area contributed by atoms with Crippen molar-refractivity contribution in [2.75, 3.05) is 0 Å². The predicted molar refractivity (Wildman–Crippen MR) is 63.4 cm³/mol. The molecule has 0 unspecified atom stereocenters. The molecule has 0 heterocycles. The molecule has 0 saturated carbocycles. The summed E-state index contributed by atoms with van der Waals surface area (Å²) in [5, 5.41) is 2.59. The second-order valence-electron chi connectivity index (χ2n) is 3.98. The summed E-state index contributed by atoms with van der Waals surface area (Å²) in [6.07, 6.45) is 2.58. The molecule has 0 aliphatic heterocycles. The number of carbonyl (C=O) groups is 1. The normalized spacial score (nSPS) is 12.6. The van der Waals surface area contributed by atoms with E-state index in [-0.39, 0.29) is 0 Å². The molecular weight excluding hydrogens is 188 g/mol. The number of rotatable bonds is 3. The Kier molecular flexibility index (Phi) is 3.41. The van der Waals surface area contributed by atoms with Crippen LogP contribution in [-0.4, -0.2) is 14.4 Å². The summed E-state index contributed by atoms with van der Waals surface area (Å²) in [7, 11) is -1.57. The van der Waals surface area contributed by atoms with E-state index in [1.54, 1.807) is 6.08 Å². The van der Waals surface area contributed by atoms with Gasteiger partial charge in [0.1, 0.15) is 14.4 Å². The van der Waals surface area contributed by atoms with E-state index < -0.39 is 8.07 Å². The largest absolute Gasteiger partial charge is 0.299 e. The Hall–Kier alpha value is -1.15. The molecule has 0 atom stereocenters. The Morgan fingerprint density at radius 3 is 2.29 bits per heavy atom. The minimum atomic E-state index is -1.57. The van der Waals surface area contributed by atoms with Crippen molar-refractivity contribution in [2.45, 2.75) is 20.0 Å². The maximum absolute atomic E-state index is 10.4. The molecule has 14 heavy (non-hydrogen) atoms. The van der Waals surface area contributed by atoms with Crippen LogP contribution < -0.4 is 5.19 Å². The number of carbonyl (C=O) groups excluding carboxylic acids is 1. The molecule has 1 aromatic carbocycles. The fourth-order valence-corrected chi connectivity index (χ4v) is 3.36. The van der Waals surface area contributed by atoms with Gasteiger partial charge in [0.15, 0.2) is 0 Å². The van der Waals surface area contributed by atoms with Crippen molar-refractivity contribution in [3.8, 4) is 0 Å². The first kappa shape index (κ1) is 10.9. The van der Waals surface area contributed by atoms with Gasteiger partial charge in [-0.05, 0) is 13.0 Å². The predicted octanol–water partition coefficient (Wildman–Crippen LogP) is 2.29. The molecule has 0 saturated heterocycles. The van der Waals surface area contributed by atoms with Crippen LogP contribution in [-0.2, 0) is 4.79 Å². The van der Waals surface area contributed by atoms with Gasteiger partial charge in [0.2, 0.25) is 0 Å². The minimum absolute atomic E-state index is 0.882. The Bertz CT molecular complexity index is 339. The number of benzene rings is 1. The van der Waals surface area contributed by atoms with Gasteiger partial charge in [-0.1, -0.05) is 53.8 Å². The number of allylic oxidation sites excluding steroid dienone is 2. The van der Waals surface area contributed by atoms with Gasteiger partial charge in [0.05, 0.1) is 0 Å². The van der Waals surface area contributed by atoms with Gasteiger partial charge < -0.3 is 0 Å². The van der Waals surface area contributed by atoms with Crippen LogP contribution in [0.15, 0.2) is 41.6 Å². The summed E-state index contributed by atoms with van der Waals surface area (Å²) in [5.74, 6) is 0. The Labute approximate surface area is 86.5 Å². The first-order chi connectivity index (χ1) is 6.59. The van der Waals surface area contributed by atoms with Crippen LogP contribution in [0.1, 0.15) is 6.92 Å².